The van der Waals surface area contributed by atoms with Crippen molar-refractivity contribution in [1.82, 2.24) is 5.32 Å². The summed E-state index contributed by atoms with van der Waals surface area (Å²) in [6.45, 7) is 1.18. The summed E-state index contributed by atoms with van der Waals surface area (Å²) in [5.74, 6) is 0.426. The number of hydrogen-bond acceptors (Lipinski definition) is 3. The lowest BCUT2D eigenvalue weighted by molar-refractivity contribution is 0.204. The maximum atomic E-state index is 9.77. The number of nitrogens with one attached hydrogen (secondary N) is 1. The summed E-state index contributed by atoms with van der Waals surface area (Å²) in [7, 11) is 0. The fourth-order valence-corrected chi connectivity index (χ4v) is 2.75. The van der Waals surface area contributed by atoms with Crippen LogP contribution >= 0.6 is 0 Å². The van der Waals surface area contributed by atoms with Gasteiger partial charge in [0.25, 0.3) is 0 Å². The van der Waals surface area contributed by atoms with Gasteiger partial charge in [0.1, 0.15) is 5.75 Å². The molecule has 3 nitrogen and oxygen atoms in total. The van der Waals surface area contributed by atoms with E-state index in [0.29, 0.717) is 18.4 Å². The minimum Gasteiger partial charge on any atom is -0.508 e. The summed E-state index contributed by atoms with van der Waals surface area (Å²) in [6.07, 6.45) is 4.27. The Morgan fingerprint density at radius 1 is 1.35 bits per heavy atom. The molecule has 1 saturated carbocycles. The lowest BCUT2D eigenvalue weighted by atomic mass is 10.1. The molecule has 3 heteroatoms. The molecule has 3 rings (SSSR count). The second-order valence-electron chi connectivity index (χ2n) is 5.48. The second-order valence-corrected chi connectivity index (χ2v) is 5.48. The van der Waals surface area contributed by atoms with Gasteiger partial charge in [-0.3, -0.25) is 0 Å². The summed E-state index contributed by atoms with van der Waals surface area (Å²) in [4.78, 5) is 0. The van der Waals surface area contributed by atoms with Crippen LogP contribution in [0.3, 0.4) is 0 Å². The molecule has 0 saturated heterocycles. The molecule has 1 aromatic carbocycles. The van der Waals surface area contributed by atoms with Crippen molar-refractivity contribution in [3.63, 3.8) is 0 Å². The van der Waals surface area contributed by atoms with Crippen molar-refractivity contribution in [2.45, 2.75) is 31.7 Å². The van der Waals surface area contributed by atoms with Gasteiger partial charge in [-0.05, 0) is 42.9 Å². The van der Waals surface area contributed by atoms with Crippen molar-refractivity contribution in [1.29, 1.82) is 0 Å². The number of aliphatic hydroxyl groups excluding tert-OH is 1. The number of benzene rings is 1. The van der Waals surface area contributed by atoms with Crippen molar-refractivity contribution in [3.8, 4) is 5.75 Å². The molecule has 0 aliphatic heterocycles. The largest absolute Gasteiger partial charge is 0.508 e. The molecular weight excluding hydrogens is 214 g/mol. The van der Waals surface area contributed by atoms with E-state index in [9.17, 15) is 10.2 Å². The highest BCUT2D eigenvalue weighted by Gasteiger charge is 2.42. The molecule has 2 aliphatic rings. The lowest BCUT2D eigenvalue weighted by Gasteiger charge is -2.18. The number of phenolic OH excluding ortho intramolecular Hbond substituents is 1. The lowest BCUT2D eigenvalue weighted by Crippen LogP contribution is -2.29. The summed E-state index contributed by atoms with van der Waals surface area (Å²) < 4.78 is 0. The van der Waals surface area contributed by atoms with E-state index < -0.39 is 0 Å². The normalized spacial score (nSPS) is 24.6. The maximum Gasteiger partial charge on any atom is 0.119 e. The molecule has 1 unspecified atom stereocenters. The van der Waals surface area contributed by atoms with Gasteiger partial charge in [-0.2, -0.15) is 0 Å². The Morgan fingerprint density at radius 3 is 2.88 bits per heavy atom. The Balaban J connectivity index is 1.69. The van der Waals surface area contributed by atoms with Crippen molar-refractivity contribution in [3.05, 3.63) is 29.3 Å². The number of aromatic hydroxyl groups is 1. The fourth-order valence-electron chi connectivity index (χ4n) is 2.75. The molecule has 0 heterocycles. The van der Waals surface area contributed by atoms with Crippen LogP contribution in [0, 0.1) is 5.41 Å². The van der Waals surface area contributed by atoms with Gasteiger partial charge in [0.05, 0.1) is 0 Å². The van der Waals surface area contributed by atoms with Crippen molar-refractivity contribution >= 4 is 0 Å². The Hall–Kier alpha value is -1.06. The summed E-state index contributed by atoms with van der Waals surface area (Å²) in [6, 6.07) is 6.11. The average Bonchev–Trinajstić information content (AvgIpc) is 3.01. The van der Waals surface area contributed by atoms with Gasteiger partial charge >= 0.3 is 0 Å². The summed E-state index contributed by atoms with van der Waals surface area (Å²) in [5.41, 5.74) is 2.48. The zero-order valence-corrected chi connectivity index (χ0v) is 9.95. The highest BCUT2D eigenvalue weighted by atomic mass is 16.3. The Labute approximate surface area is 101 Å². The third-order valence-electron chi connectivity index (χ3n) is 4.26. The molecule has 0 bridgehead atoms. The van der Waals surface area contributed by atoms with Crippen LogP contribution in [0.4, 0.5) is 0 Å². The molecule has 0 amide bonds. The third-order valence-corrected chi connectivity index (χ3v) is 4.26. The Morgan fingerprint density at radius 2 is 2.18 bits per heavy atom. The standard InChI is InChI=1S/C14H19NO2/c16-9-14(6-7-14)8-15-12-5-4-11-10(12)2-1-3-13(11)17/h1-3,12,15-17H,4-9H2. The topological polar surface area (TPSA) is 52.5 Å². The van der Waals surface area contributed by atoms with Crippen molar-refractivity contribution < 1.29 is 10.2 Å². The Kier molecular flexibility index (Phi) is 2.60. The molecule has 0 spiro atoms. The number of rotatable bonds is 4. The average molecular weight is 233 g/mol. The zero-order valence-electron chi connectivity index (χ0n) is 9.95. The van der Waals surface area contributed by atoms with Crippen LogP contribution in [-0.2, 0) is 6.42 Å². The molecule has 1 fully saturated rings. The van der Waals surface area contributed by atoms with Crippen LogP contribution in [0.1, 0.15) is 36.4 Å². The van der Waals surface area contributed by atoms with E-state index in [1.54, 1.807) is 6.07 Å². The van der Waals surface area contributed by atoms with Gasteiger partial charge < -0.3 is 15.5 Å². The van der Waals surface area contributed by atoms with Crippen LogP contribution < -0.4 is 5.32 Å². The molecule has 1 atom stereocenters. The minimum absolute atomic E-state index is 0.152. The van der Waals surface area contributed by atoms with Crippen molar-refractivity contribution in [2.24, 2.45) is 5.41 Å². The van der Waals surface area contributed by atoms with Crippen LogP contribution in [0.5, 0.6) is 5.75 Å². The van der Waals surface area contributed by atoms with E-state index in [1.807, 2.05) is 6.07 Å². The van der Waals surface area contributed by atoms with E-state index in [2.05, 4.69) is 11.4 Å². The van der Waals surface area contributed by atoms with Gasteiger partial charge in [0.2, 0.25) is 0 Å². The maximum absolute atomic E-state index is 9.77. The first-order chi connectivity index (χ1) is 8.24. The summed E-state index contributed by atoms with van der Waals surface area (Å²) in [5, 5.41) is 22.6. The Bertz CT molecular complexity index is 426. The predicted molar refractivity (Wildman–Crippen MR) is 65.9 cm³/mol. The number of aliphatic hydroxyl groups is 1. The van der Waals surface area contributed by atoms with E-state index in [-0.39, 0.29) is 5.41 Å². The van der Waals surface area contributed by atoms with Crippen LogP contribution in [0.15, 0.2) is 18.2 Å². The molecule has 0 aromatic heterocycles. The molecule has 2 aliphatic carbocycles. The molecule has 92 valence electrons. The first kappa shape index (κ1) is 11.1. The SMILES string of the molecule is OCC1(CNC2CCc3c(O)cccc32)CC1. The zero-order chi connectivity index (χ0) is 11.9. The quantitative estimate of drug-likeness (QED) is 0.742. The highest BCUT2D eigenvalue weighted by Crippen LogP contribution is 2.45. The van der Waals surface area contributed by atoms with Crippen LogP contribution in [0.25, 0.3) is 0 Å². The first-order valence-corrected chi connectivity index (χ1v) is 6.39. The van der Waals surface area contributed by atoms with Gasteiger partial charge in [-0.1, -0.05) is 12.1 Å². The summed E-state index contributed by atoms with van der Waals surface area (Å²) >= 11 is 0. The second kappa shape index (κ2) is 4.00. The minimum atomic E-state index is 0.152. The number of phenols is 1. The van der Waals surface area contributed by atoms with Crippen LogP contribution in [0.2, 0.25) is 0 Å². The van der Waals surface area contributed by atoms with Gasteiger partial charge in [0, 0.05) is 24.6 Å². The van der Waals surface area contributed by atoms with E-state index in [1.165, 1.54) is 5.56 Å². The van der Waals surface area contributed by atoms with Crippen molar-refractivity contribution in [2.75, 3.05) is 13.2 Å². The highest BCUT2D eigenvalue weighted by molar-refractivity contribution is 5.44. The monoisotopic (exact) mass is 233 g/mol. The molecular formula is C14H19NO2. The third kappa shape index (κ3) is 1.94. The van der Waals surface area contributed by atoms with E-state index in [0.717, 1.165) is 37.8 Å². The molecule has 1 aromatic rings. The number of hydrogen-bond donors (Lipinski definition) is 3. The predicted octanol–water partition coefficient (Wildman–Crippen LogP) is 1.74. The van der Waals surface area contributed by atoms with E-state index in [4.69, 9.17) is 0 Å². The fraction of sp³-hybridized carbons (Fsp3) is 0.571. The van der Waals surface area contributed by atoms with Gasteiger partial charge in [0.15, 0.2) is 0 Å². The number of fused-ring (bicyclic) bond motifs is 1. The molecule has 3 N–H and O–H groups in total. The first-order valence-electron chi connectivity index (χ1n) is 6.39. The van der Waals surface area contributed by atoms with Crippen LogP contribution in [-0.4, -0.2) is 23.4 Å². The van der Waals surface area contributed by atoms with E-state index >= 15 is 0 Å². The molecule has 17 heavy (non-hydrogen) atoms. The van der Waals surface area contributed by atoms with Gasteiger partial charge in [-0.15, -0.1) is 0 Å². The smallest absolute Gasteiger partial charge is 0.119 e. The molecule has 0 radical (unpaired) electrons. The van der Waals surface area contributed by atoms with Gasteiger partial charge in [-0.25, -0.2) is 0 Å².